The van der Waals surface area contributed by atoms with E-state index in [-0.39, 0.29) is 5.69 Å². The number of rotatable bonds is 4. The molecule has 1 amide bonds. The topological polar surface area (TPSA) is 68.3 Å². The molecule has 5 nitrogen and oxygen atoms in total. The van der Waals surface area contributed by atoms with Gasteiger partial charge >= 0.3 is 18.1 Å². The van der Waals surface area contributed by atoms with E-state index in [4.69, 9.17) is 0 Å². The number of esters is 1. The number of hydrogen-bond acceptors (Lipinski definition) is 4. The highest BCUT2D eigenvalue weighted by atomic mass is 19.4. The first kappa shape index (κ1) is 18.2. The van der Waals surface area contributed by atoms with E-state index in [2.05, 4.69) is 9.72 Å². The molecule has 0 saturated heterocycles. The predicted molar refractivity (Wildman–Crippen MR) is 85.6 cm³/mol. The molecule has 1 heterocycles. The second-order valence-corrected chi connectivity index (χ2v) is 4.87. The van der Waals surface area contributed by atoms with Crippen molar-refractivity contribution in [1.29, 1.82) is 0 Å². The highest BCUT2D eigenvalue weighted by molar-refractivity contribution is 5.95. The summed E-state index contributed by atoms with van der Waals surface area (Å²) in [6, 6.07) is 9.05. The Morgan fingerprint density at radius 2 is 1.92 bits per heavy atom. The molecule has 0 aliphatic rings. The van der Waals surface area contributed by atoms with Gasteiger partial charge in [0.15, 0.2) is 0 Å². The number of halogens is 3. The third-order valence-electron chi connectivity index (χ3n) is 3.06. The van der Waals surface area contributed by atoms with Gasteiger partial charge in [-0.2, -0.15) is 13.2 Å². The Hall–Kier alpha value is -3.16. The first-order valence-electron chi connectivity index (χ1n) is 7.00. The Morgan fingerprint density at radius 3 is 2.52 bits per heavy atom. The lowest BCUT2D eigenvalue weighted by Gasteiger charge is -2.08. The van der Waals surface area contributed by atoms with Crippen LogP contribution in [-0.4, -0.2) is 30.1 Å². The number of benzene rings is 1. The van der Waals surface area contributed by atoms with Gasteiger partial charge in [-0.15, -0.1) is 0 Å². The lowest BCUT2D eigenvalue weighted by Crippen LogP contribution is -2.29. The second kappa shape index (κ2) is 7.61. The van der Waals surface area contributed by atoms with Gasteiger partial charge in [-0.05, 0) is 35.9 Å². The molecular formula is C17H13F3N2O3. The van der Waals surface area contributed by atoms with Crippen molar-refractivity contribution in [2.24, 2.45) is 0 Å². The first-order valence-corrected chi connectivity index (χ1v) is 7.00. The number of carbonyl (C=O) groups is 2. The maximum absolute atomic E-state index is 12.3. The predicted octanol–water partition coefficient (Wildman–Crippen LogP) is 3.54. The van der Waals surface area contributed by atoms with E-state index in [1.54, 1.807) is 35.7 Å². The Morgan fingerprint density at radius 1 is 1.16 bits per heavy atom. The van der Waals surface area contributed by atoms with Crippen molar-refractivity contribution in [1.82, 2.24) is 4.98 Å². The zero-order chi connectivity index (χ0) is 18.4. The van der Waals surface area contributed by atoms with E-state index in [1.165, 1.54) is 31.5 Å². The molecule has 8 heteroatoms. The fourth-order valence-corrected chi connectivity index (χ4v) is 1.85. The summed E-state index contributed by atoms with van der Waals surface area (Å²) in [4.78, 5) is 26.3. The van der Waals surface area contributed by atoms with Crippen LogP contribution in [0.4, 0.5) is 18.9 Å². The maximum atomic E-state index is 12.3. The van der Waals surface area contributed by atoms with E-state index in [0.717, 1.165) is 0 Å². The quantitative estimate of drug-likeness (QED) is 0.857. The lowest BCUT2D eigenvalue weighted by molar-refractivity contribution is -0.167. The molecule has 0 fully saturated rings. The fourth-order valence-electron chi connectivity index (χ4n) is 1.85. The summed E-state index contributed by atoms with van der Waals surface area (Å²) in [6.45, 7) is 0. The van der Waals surface area contributed by atoms with Crippen LogP contribution in [0.25, 0.3) is 12.2 Å². The van der Waals surface area contributed by atoms with Gasteiger partial charge < -0.3 is 10.1 Å². The number of anilines is 1. The average molecular weight is 350 g/mol. The minimum absolute atomic E-state index is 0.0264. The van der Waals surface area contributed by atoms with Crippen molar-refractivity contribution in [2.75, 3.05) is 12.4 Å². The highest BCUT2D eigenvalue weighted by Crippen LogP contribution is 2.19. The van der Waals surface area contributed by atoms with E-state index in [1.807, 2.05) is 0 Å². The number of carbonyl (C=O) groups excluding carboxylic acids is 2. The maximum Gasteiger partial charge on any atom is 0.471 e. The summed E-state index contributed by atoms with van der Waals surface area (Å²) in [5.41, 5.74) is 1.44. The Balaban J connectivity index is 2.10. The highest BCUT2D eigenvalue weighted by Gasteiger charge is 2.38. The van der Waals surface area contributed by atoms with Crippen molar-refractivity contribution >= 4 is 29.7 Å². The standard InChI is InChI=1S/C17H13F3N2O3/c1-25-15(23)12-6-8-13(21-10-12)7-5-11-3-2-4-14(9-11)22-16(24)17(18,19)20/h2-10H,1H3,(H,22,24). The molecule has 0 aliphatic heterocycles. The van der Waals surface area contributed by atoms with Gasteiger partial charge in [0.25, 0.3) is 0 Å². The normalized spacial score (nSPS) is 11.4. The second-order valence-electron chi connectivity index (χ2n) is 4.87. The van der Waals surface area contributed by atoms with Crippen LogP contribution in [0, 0.1) is 0 Å². The summed E-state index contributed by atoms with van der Waals surface area (Å²) >= 11 is 0. The van der Waals surface area contributed by atoms with Crippen molar-refractivity contribution in [2.45, 2.75) is 6.18 Å². The molecule has 0 spiro atoms. The number of methoxy groups -OCH3 is 1. The smallest absolute Gasteiger partial charge is 0.465 e. The molecule has 2 aromatic rings. The van der Waals surface area contributed by atoms with Gasteiger partial charge in [-0.1, -0.05) is 18.2 Å². The SMILES string of the molecule is COC(=O)c1ccc(C=Cc2cccc(NC(=O)C(F)(F)F)c2)nc1. The number of alkyl halides is 3. The minimum Gasteiger partial charge on any atom is -0.465 e. The fraction of sp³-hybridized carbons (Fsp3) is 0.118. The van der Waals surface area contributed by atoms with Gasteiger partial charge in [-0.3, -0.25) is 9.78 Å². The molecule has 1 N–H and O–H groups in total. The van der Waals surface area contributed by atoms with Crippen molar-refractivity contribution in [3.05, 3.63) is 59.4 Å². The number of amides is 1. The van der Waals surface area contributed by atoms with E-state index in [0.29, 0.717) is 16.8 Å². The zero-order valence-electron chi connectivity index (χ0n) is 13.0. The number of nitrogens with zero attached hydrogens (tertiary/aromatic N) is 1. The van der Waals surface area contributed by atoms with Gasteiger partial charge in [0.2, 0.25) is 0 Å². The number of ether oxygens (including phenoxy) is 1. The number of pyridine rings is 1. The van der Waals surface area contributed by atoms with Crippen LogP contribution in [0.3, 0.4) is 0 Å². The van der Waals surface area contributed by atoms with Crippen LogP contribution >= 0.6 is 0 Å². The minimum atomic E-state index is -4.95. The number of hydrogen-bond donors (Lipinski definition) is 1. The van der Waals surface area contributed by atoms with E-state index < -0.39 is 18.1 Å². The van der Waals surface area contributed by atoms with Gasteiger partial charge in [-0.25, -0.2) is 4.79 Å². The van der Waals surface area contributed by atoms with Gasteiger partial charge in [0.05, 0.1) is 18.4 Å². The zero-order valence-corrected chi connectivity index (χ0v) is 13.0. The first-order chi connectivity index (χ1) is 11.8. The van der Waals surface area contributed by atoms with E-state index in [9.17, 15) is 22.8 Å². The summed E-state index contributed by atoms with van der Waals surface area (Å²) in [5.74, 6) is -2.54. The molecule has 25 heavy (non-hydrogen) atoms. The van der Waals surface area contributed by atoms with Crippen molar-refractivity contribution in [3.63, 3.8) is 0 Å². The summed E-state index contributed by atoms with van der Waals surface area (Å²) in [5, 5.41) is 1.78. The summed E-state index contributed by atoms with van der Waals surface area (Å²) in [6.07, 6.45) is -0.363. The van der Waals surface area contributed by atoms with Gasteiger partial charge in [0.1, 0.15) is 0 Å². The molecule has 0 aliphatic carbocycles. The largest absolute Gasteiger partial charge is 0.471 e. The van der Waals surface area contributed by atoms with Crippen LogP contribution < -0.4 is 5.32 Å². The molecule has 0 bridgehead atoms. The van der Waals surface area contributed by atoms with E-state index >= 15 is 0 Å². The lowest BCUT2D eigenvalue weighted by atomic mass is 10.1. The summed E-state index contributed by atoms with van der Waals surface area (Å²) in [7, 11) is 1.26. The molecule has 0 saturated carbocycles. The Kier molecular flexibility index (Phi) is 5.53. The third kappa shape index (κ3) is 5.17. The van der Waals surface area contributed by atoms with Crippen LogP contribution in [0.1, 0.15) is 21.6 Å². The molecule has 0 atom stereocenters. The van der Waals surface area contributed by atoms with Crippen LogP contribution in [0.5, 0.6) is 0 Å². The average Bonchev–Trinajstić information content (AvgIpc) is 2.59. The third-order valence-corrected chi connectivity index (χ3v) is 3.06. The summed E-state index contributed by atoms with van der Waals surface area (Å²) < 4.78 is 41.3. The van der Waals surface area contributed by atoms with Crippen LogP contribution in [0.15, 0.2) is 42.6 Å². The van der Waals surface area contributed by atoms with Crippen LogP contribution in [0.2, 0.25) is 0 Å². The number of nitrogens with one attached hydrogen (secondary N) is 1. The molecule has 130 valence electrons. The van der Waals surface area contributed by atoms with Gasteiger partial charge in [0, 0.05) is 11.9 Å². The monoisotopic (exact) mass is 350 g/mol. The Labute approximate surface area is 141 Å². The van der Waals surface area contributed by atoms with Crippen LogP contribution in [-0.2, 0) is 9.53 Å². The molecule has 0 unspecified atom stereocenters. The number of aromatic nitrogens is 1. The molecule has 1 aromatic carbocycles. The van der Waals surface area contributed by atoms with Crippen molar-refractivity contribution < 1.29 is 27.5 Å². The van der Waals surface area contributed by atoms with Crippen molar-refractivity contribution in [3.8, 4) is 0 Å². The molecule has 0 radical (unpaired) electrons. The molecular weight excluding hydrogens is 337 g/mol. The molecule has 2 rings (SSSR count). The Bertz CT molecular complexity index is 800. The molecule has 1 aromatic heterocycles.